The minimum atomic E-state index is -3.49. The minimum absolute atomic E-state index is 0.133. The van der Waals surface area contributed by atoms with E-state index in [4.69, 9.17) is 4.74 Å². The second-order valence-corrected chi connectivity index (χ2v) is 10.8. The standard InChI is InChI=1S/C25H33N3O5S/c1-18(2)23(27-24(29)20-10-8-19(3)9-11-20)25(30)26-16-21-6-4-5-7-22(21)17-34(31,32)28-12-14-33-15-13-28/h4-11,18,23H,12-17H2,1-3H3,(H,26,30)(H,27,29). The van der Waals surface area contributed by atoms with Crippen LogP contribution in [0.25, 0.3) is 0 Å². The van der Waals surface area contributed by atoms with Gasteiger partial charge in [-0.1, -0.05) is 55.8 Å². The molecule has 2 amide bonds. The predicted octanol–water partition coefficient (Wildman–Crippen LogP) is 2.23. The summed E-state index contributed by atoms with van der Waals surface area (Å²) in [6.45, 7) is 7.30. The molecule has 1 atom stereocenters. The van der Waals surface area contributed by atoms with Crippen LogP contribution in [0.3, 0.4) is 0 Å². The van der Waals surface area contributed by atoms with E-state index in [0.717, 1.165) is 11.1 Å². The normalized spacial score (nSPS) is 15.6. The van der Waals surface area contributed by atoms with E-state index >= 15 is 0 Å². The Morgan fingerprint density at radius 2 is 1.62 bits per heavy atom. The Labute approximate surface area is 201 Å². The number of benzene rings is 2. The quantitative estimate of drug-likeness (QED) is 0.564. The lowest BCUT2D eigenvalue weighted by Gasteiger charge is -2.26. The van der Waals surface area contributed by atoms with E-state index in [1.165, 1.54) is 4.31 Å². The van der Waals surface area contributed by atoms with Gasteiger partial charge in [-0.05, 0) is 36.1 Å². The first-order valence-corrected chi connectivity index (χ1v) is 13.1. The molecule has 1 aliphatic heterocycles. The summed E-state index contributed by atoms with van der Waals surface area (Å²) in [5, 5.41) is 5.69. The van der Waals surface area contributed by atoms with Crippen LogP contribution in [-0.4, -0.2) is 56.9 Å². The molecule has 1 saturated heterocycles. The summed E-state index contributed by atoms with van der Waals surface area (Å²) in [5.41, 5.74) is 2.89. The van der Waals surface area contributed by atoms with Gasteiger partial charge in [0.15, 0.2) is 0 Å². The van der Waals surface area contributed by atoms with Crippen molar-refractivity contribution in [2.75, 3.05) is 26.3 Å². The maximum absolute atomic E-state index is 13.0. The van der Waals surface area contributed by atoms with Crippen LogP contribution in [0.1, 0.15) is 40.9 Å². The molecule has 0 saturated carbocycles. The van der Waals surface area contributed by atoms with Crippen molar-refractivity contribution in [2.24, 2.45) is 5.92 Å². The zero-order valence-corrected chi connectivity index (χ0v) is 20.7. The van der Waals surface area contributed by atoms with Crippen molar-refractivity contribution >= 4 is 21.8 Å². The fourth-order valence-electron chi connectivity index (χ4n) is 3.74. The van der Waals surface area contributed by atoms with Gasteiger partial charge in [0.2, 0.25) is 15.9 Å². The molecule has 2 aromatic carbocycles. The Kier molecular flexibility index (Phi) is 8.82. The molecule has 3 rings (SSSR count). The number of hydrogen-bond acceptors (Lipinski definition) is 5. The van der Waals surface area contributed by atoms with Crippen molar-refractivity contribution in [2.45, 2.75) is 39.1 Å². The number of amides is 2. The van der Waals surface area contributed by atoms with Gasteiger partial charge in [-0.3, -0.25) is 9.59 Å². The second kappa shape index (κ2) is 11.6. The first kappa shape index (κ1) is 25.9. The maximum Gasteiger partial charge on any atom is 0.251 e. The summed E-state index contributed by atoms with van der Waals surface area (Å²) in [6.07, 6.45) is 0. The summed E-state index contributed by atoms with van der Waals surface area (Å²) in [4.78, 5) is 25.6. The van der Waals surface area contributed by atoms with Crippen LogP contribution in [0.4, 0.5) is 0 Å². The Morgan fingerprint density at radius 3 is 2.24 bits per heavy atom. The number of ether oxygens (including phenoxy) is 1. The number of carbonyl (C=O) groups excluding carboxylic acids is 2. The molecule has 2 N–H and O–H groups in total. The third-order valence-corrected chi connectivity index (χ3v) is 7.65. The topological polar surface area (TPSA) is 105 Å². The number of nitrogens with one attached hydrogen (secondary N) is 2. The average Bonchev–Trinajstić information content (AvgIpc) is 2.82. The Hall–Kier alpha value is -2.75. The van der Waals surface area contributed by atoms with E-state index in [1.54, 1.807) is 30.3 Å². The molecule has 1 aliphatic rings. The van der Waals surface area contributed by atoms with Crippen LogP contribution in [0.15, 0.2) is 48.5 Å². The minimum Gasteiger partial charge on any atom is -0.379 e. The number of carbonyl (C=O) groups is 2. The monoisotopic (exact) mass is 487 g/mol. The van der Waals surface area contributed by atoms with Crippen molar-refractivity contribution in [1.82, 2.24) is 14.9 Å². The lowest BCUT2D eigenvalue weighted by Crippen LogP contribution is -2.49. The molecule has 0 aromatic heterocycles. The average molecular weight is 488 g/mol. The summed E-state index contributed by atoms with van der Waals surface area (Å²) < 4.78 is 32.4. The van der Waals surface area contributed by atoms with Gasteiger partial charge in [-0.25, -0.2) is 8.42 Å². The number of hydrogen-bond donors (Lipinski definition) is 2. The molecule has 1 fully saturated rings. The molecule has 0 aliphatic carbocycles. The van der Waals surface area contributed by atoms with Crippen LogP contribution >= 0.6 is 0 Å². The van der Waals surface area contributed by atoms with Crippen LogP contribution in [0.5, 0.6) is 0 Å². The third-order valence-electron chi connectivity index (χ3n) is 5.82. The Morgan fingerprint density at radius 1 is 1.00 bits per heavy atom. The number of nitrogens with zero attached hydrogens (tertiary/aromatic N) is 1. The van der Waals surface area contributed by atoms with Gasteiger partial charge in [0, 0.05) is 25.2 Å². The van der Waals surface area contributed by atoms with Gasteiger partial charge < -0.3 is 15.4 Å². The van der Waals surface area contributed by atoms with E-state index in [2.05, 4.69) is 10.6 Å². The maximum atomic E-state index is 13.0. The van der Waals surface area contributed by atoms with Crippen molar-refractivity contribution in [3.63, 3.8) is 0 Å². The smallest absolute Gasteiger partial charge is 0.251 e. The zero-order valence-electron chi connectivity index (χ0n) is 19.9. The van der Waals surface area contributed by atoms with Crippen LogP contribution in [-0.2, 0) is 31.9 Å². The van der Waals surface area contributed by atoms with Crippen LogP contribution in [0, 0.1) is 12.8 Å². The largest absolute Gasteiger partial charge is 0.379 e. The van der Waals surface area contributed by atoms with E-state index in [-0.39, 0.29) is 30.0 Å². The predicted molar refractivity (Wildman–Crippen MR) is 131 cm³/mol. The molecular formula is C25H33N3O5S. The fraction of sp³-hybridized carbons (Fsp3) is 0.440. The van der Waals surface area contributed by atoms with Gasteiger partial charge in [-0.15, -0.1) is 0 Å². The van der Waals surface area contributed by atoms with E-state index in [0.29, 0.717) is 37.4 Å². The summed E-state index contributed by atoms with van der Waals surface area (Å²) in [5.74, 6) is -0.907. The Bertz CT molecular complexity index is 1090. The van der Waals surface area contributed by atoms with Gasteiger partial charge in [-0.2, -0.15) is 4.31 Å². The summed E-state index contributed by atoms with van der Waals surface area (Å²) in [6, 6.07) is 13.6. The van der Waals surface area contributed by atoms with Crippen molar-refractivity contribution in [3.05, 3.63) is 70.8 Å². The second-order valence-electron chi connectivity index (χ2n) is 8.82. The Balaban J connectivity index is 1.65. The van der Waals surface area contributed by atoms with Gasteiger partial charge >= 0.3 is 0 Å². The SMILES string of the molecule is Cc1ccc(C(=O)NC(C(=O)NCc2ccccc2CS(=O)(=O)N2CCOCC2)C(C)C)cc1. The van der Waals surface area contributed by atoms with Gasteiger partial charge in [0.25, 0.3) is 5.91 Å². The number of sulfonamides is 1. The van der Waals surface area contributed by atoms with Crippen molar-refractivity contribution in [3.8, 4) is 0 Å². The number of morpholine rings is 1. The molecule has 34 heavy (non-hydrogen) atoms. The zero-order chi connectivity index (χ0) is 24.7. The number of rotatable bonds is 9. The van der Waals surface area contributed by atoms with E-state index in [9.17, 15) is 18.0 Å². The van der Waals surface area contributed by atoms with E-state index < -0.39 is 16.1 Å². The highest BCUT2D eigenvalue weighted by Gasteiger charge is 2.27. The van der Waals surface area contributed by atoms with Crippen LogP contribution < -0.4 is 10.6 Å². The molecule has 1 unspecified atom stereocenters. The third kappa shape index (κ3) is 6.88. The lowest BCUT2D eigenvalue weighted by molar-refractivity contribution is -0.124. The molecule has 0 spiro atoms. The highest BCUT2D eigenvalue weighted by atomic mass is 32.2. The molecule has 8 nitrogen and oxygen atoms in total. The molecule has 0 bridgehead atoms. The highest BCUT2D eigenvalue weighted by Crippen LogP contribution is 2.17. The molecule has 1 heterocycles. The first-order chi connectivity index (χ1) is 16.2. The summed E-state index contributed by atoms with van der Waals surface area (Å²) >= 11 is 0. The van der Waals surface area contributed by atoms with Crippen molar-refractivity contribution in [1.29, 1.82) is 0 Å². The van der Waals surface area contributed by atoms with E-state index in [1.807, 2.05) is 39.0 Å². The van der Waals surface area contributed by atoms with Gasteiger partial charge in [0.1, 0.15) is 6.04 Å². The lowest BCUT2D eigenvalue weighted by atomic mass is 10.0. The first-order valence-electron chi connectivity index (χ1n) is 11.4. The van der Waals surface area contributed by atoms with Crippen LogP contribution in [0.2, 0.25) is 0 Å². The highest BCUT2D eigenvalue weighted by molar-refractivity contribution is 7.88. The fourth-order valence-corrected chi connectivity index (χ4v) is 5.30. The van der Waals surface area contributed by atoms with Crippen molar-refractivity contribution < 1.29 is 22.7 Å². The molecule has 9 heteroatoms. The van der Waals surface area contributed by atoms with Gasteiger partial charge in [0.05, 0.1) is 19.0 Å². The molecular weight excluding hydrogens is 454 g/mol. The molecule has 184 valence electrons. The number of aryl methyl sites for hydroxylation is 1. The molecule has 2 aromatic rings. The summed E-state index contributed by atoms with van der Waals surface area (Å²) in [7, 11) is -3.49. The molecule has 0 radical (unpaired) electrons.